The van der Waals surface area contributed by atoms with Gasteiger partial charge in [0.25, 0.3) is 17.7 Å². The van der Waals surface area contributed by atoms with Crippen LogP contribution in [0.2, 0.25) is 0 Å². The summed E-state index contributed by atoms with van der Waals surface area (Å²) < 4.78 is 83.7. The molecule has 3 aromatic rings. The summed E-state index contributed by atoms with van der Waals surface area (Å²) in [6, 6.07) is 12.2. The second kappa shape index (κ2) is 9.16. The largest absolute Gasteiger partial charge is 0.492 e. The number of likely N-dealkylation sites (tertiary alicyclic amines) is 1. The third kappa shape index (κ3) is 4.87. The first-order valence-corrected chi connectivity index (χ1v) is 11.3. The van der Waals surface area contributed by atoms with Gasteiger partial charge in [0.1, 0.15) is 5.75 Å². The zero-order valence-corrected chi connectivity index (χ0v) is 19.1. The highest BCUT2D eigenvalue weighted by Gasteiger charge is 2.48. The zero-order chi connectivity index (χ0) is 26.4. The van der Waals surface area contributed by atoms with Crippen LogP contribution in [0.3, 0.4) is 0 Å². The number of carbonyl (C=O) groups is 2. The fourth-order valence-corrected chi connectivity index (χ4v) is 4.26. The van der Waals surface area contributed by atoms with E-state index in [1.807, 2.05) is 6.07 Å². The Morgan fingerprint density at radius 2 is 1.89 bits per heavy atom. The number of ether oxygens (including phenoxy) is 3. The minimum atomic E-state index is -5.33. The van der Waals surface area contributed by atoms with Crippen LogP contribution in [-0.4, -0.2) is 59.7 Å². The Morgan fingerprint density at radius 3 is 2.68 bits per heavy atom. The highest BCUT2D eigenvalue weighted by molar-refractivity contribution is 5.97. The van der Waals surface area contributed by atoms with Crippen LogP contribution in [0.5, 0.6) is 17.4 Å². The van der Waals surface area contributed by atoms with Gasteiger partial charge in [0.15, 0.2) is 11.9 Å². The first-order chi connectivity index (χ1) is 17.5. The molecule has 1 amide bonds. The van der Waals surface area contributed by atoms with Crippen molar-refractivity contribution in [2.75, 3.05) is 19.7 Å². The fraction of sp³-hybridized carbons (Fsp3) is 0.320. The summed E-state index contributed by atoms with van der Waals surface area (Å²) in [5.74, 6) is -7.64. The molecule has 2 aliphatic rings. The topological polar surface area (TPSA) is 78.0 Å². The molecule has 1 atom stereocenters. The van der Waals surface area contributed by atoms with Gasteiger partial charge in [-0.25, -0.2) is 18.6 Å². The van der Waals surface area contributed by atoms with E-state index in [2.05, 4.69) is 9.72 Å². The molecule has 3 heterocycles. The van der Waals surface area contributed by atoms with Gasteiger partial charge in [-0.05, 0) is 23.8 Å². The average molecular weight is 522 g/mol. The number of aromatic nitrogens is 1. The first-order valence-electron chi connectivity index (χ1n) is 11.3. The van der Waals surface area contributed by atoms with Crippen LogP contribution in [0.1, 0.15) is 22.3 Å². The van der Waals surface area contributed by atoms with Crippen molar-refractivity contribution in [2.24, 2.45) is 0 Å². The van der Waals surface area contributed by atoms with E-state index in [9.17, 15) is 31.5 Å². The lowest BCUT2D eigenvalue weighted by Gasteiger charge is -2.38. The Kier molecular flexibility index (Phi) is 6.12. The molecule has 0 radical (unpaired) electrons. The van der Waals surface area contributed by atoms with Gasteiger partial charge in [0.2, 0.25) is 0 Å². The van der Waals surface area contributed by atoms with Gasteiger partial charge in [-0.15, -0.1) is 0 Å². The Balaban J connectivity index is 1.45. The van der Waals surface area contributed by atoms with Gasteiger partial charge >= 0.3 is 12.1 Å². The fourth-order valence-electron chi connectivity index (χ4n) is 4.26. The van der Waals surface area contributed by atoms with Gasteiger partial charge in [0, 0.05) is 24.8 Å². The van der Waals surface area contributed by atoms with Crippen LogP contribution in [0.25, 0.3) is 10.9 Å². The number of carbonyl (C=O) groups excluding carboxylic acids is 2. The number of amides is 1. The number of esters is 1. The maximum Gasteiger partial charge on any atom is 0.491 e. The lowest BCUT2D eigenvalue weighted by molar-refractivity contribution is -0.190. The van der Waals surface area contributed by atoms with Gasteiger partial charge in [-0.1, -0.05) is 30.3 Å². The van der Waals surface area contributed by atoms with Crippen LogP contribution < -0.4 is 14.2 Å². The molecule has 1 aromatic heterocycles. The molecule has 0 bridgehead atoms. The maximum absolute atomic E-state index is 14.9. The van der Waals surface area contributed by atoms with Gasteiger partial charge in [0.05, 0.1) is 24.2 Å². The summed E-state index contributed by atoms with van der Waals surface area (Å²) in [4.78, 5) is 29.9. The Hall–Kier alpha value is -3.96. The van der Waals surface area contributed by atoms with Gasteiger partial charge < -0.3 is 19.1 Å². The lowest BCUT2D eigenvalue weighted by atomic mass is 10.0. The quantitative estimate of drug-likeness (QED) is 0.369. The minimum Gasteiger partial charge on any atom is -0.492 e. The predicted octanol–water partition coefficient (Wildman–Crippen LogP) is 4.57. The normalized spacial score (nSPS) is 18.7. The van der Waals surface area contributed by atoms with Crippen LogP contribution >= 0.6 is 0 Å². The highest BCUT2D eigenvalue weighted by Crippen LogP contribution is 2.38. The van der Waals surface area contributed by atoms with E-state index < -0.39 is 54.7 Å². The molecule has 5 rings (SSSR count). The molecule has 0 aliphatic carbocycles. The van der Waals surface area contributed by atoms with Crippen molar-refractivity contribution in [3.05, 3.63) is 59.7 Å². The number of nitrogens with zero attached hydrogens (tertiary/aromatic N) is 2. The summed E-state index contributed by atoms with van der Waals surface area (Å²) >= 11 is 0. The number of pyridine rings is 1. The van der Waals surface area contributed by atoms with Crippen molar-refractivity contribution in [3.8, 4) is 17.4 Å². The van der Waals surface area contributed by atoms with Crippen LogP contribution in [0.15, 0.2) is 48.5 Å². The van der Waals surface area contributed by atoms with Gasteiger partial charge in [-0.3, -0.25) is 4.79 Å². The standard InChI is InChI=1S/C25H19F5N2O5/c26-24(27)9-10-32(22(33)16-6-3-5-14-8-11-35-20(14)16)13-19(24)37-21-18(36-23(34)25(28,29)30)12-15-4-1-2-7-17(15)31-21/h1-7,12,19H,8-11,13H2. The van der Waals surface area contributed by atoms with E-state index in [1.54, 1.807) is 18.2 Å². The highest BCUT2D eigenvalue weighted by atomic mass is 19.4. The van der Waals surface area contributed by atoms with E-state index in [0.717, 1.165) is 11.6 Å². The van der Waals surface area contributed by atoms with E-state index in [-0.39, 0.29) is 17.6 Å². The van der Waals surface area contributed by atoms with E-state index in [0.29, 0.717) is 24.2 Å². The smallest absolute Gasteiger partial charge is 0.491 e. The molecule has 1 saturated heterocycles. The molecule has 12 heteroatoms. The predicted molar refractivity (Wildman–Crippen MR) is 119 cm³/mol. The van der Waals surface area contributed by atoms with E-state index in [1.165, 1.54) is 23.1 Å². The number of hydrogen-bond donors (Lipinski definition) is 0. The second-order valence-corrected chi connectivity index (χ2v) is 8.63. The third-order valence-corrected chi connectivity index (χ3v) is 6.15. The monoisotopic (exact) mass is 522 g/mol. The number of rotatable bonds is 4. The van der Waals surface area contributed by atoms with Crippen molar-refractivity contribution in [1.29, 1.82) is 0 Å². The molecule has 2 aliphatic heterocycles. The molecule has 1 unspecified atom stereocenters. The molecule has 1 fully saturated rings. The number of fused-ring (bicyclic) bond motifs is 2. The summed E-state index contributed by atoms with van der Waals surface area (Å²) in [6.45, 7) is -0.469. The van der Waals surface area contributed by atoms with Crippen LogP contribution in [-0.2, 0) is 11.2 Å². The van der Waals surface area contributed by atoms with Crippen molar-refractivity contribution in [3.63, 3.8) is 0 Å². The van der Waals surface area contributed by atoms with Crippen molar-refractivity contribution >= 4 is 22.8 Å². The number of para-hydroxylation sites is 2. The number of halogens is 5. The van der Waals surface area contributed by atoms with Gasteiger partial charge in [-0.2, -0.15) is 13.2 Å². The lowest BCUT2D eigenvalue weighted by Crippen LogP contribution is -2.55. The first kappa shape index (κ1) is 24.7. The summed E-state index contributed by atoms with van der Waals surface area (Å²) in [7, 11) is 0. The number of piperidine rings is 1. The molecule has 0 spiro atoms. The van der Waals surface area contributed by atoms with E-state index in [4.69, 9.17) is 9.47 Å². The molecule has 0 saturated carbocycles. The Morgan fingerprint density at radius 1 is 1.11 bits per heavy atom. The number of benzene rings is 2. The van der Waals surface area contributed by atoms with Crippen LogP contribution in [0.4, 0.5) is 22.0 Å². The molecule has 37 heavy (non-hydrogen) atoms. The Labute approximate surface area is 206 Å². The Bertz CT molecular complexity index is 1380. The zero-order valence-electron chi connectivity index (χ0n) is 19.1. The number of alkyl halides is 5. The minimum absolute atomic E-state index is 0.216. The molecular formula is C25H19F5N2O5. The molecule has 7 nitrogen and oxygen atoms in total. The summed E-state index contributed by atoms with van der Waals surface area (Å²) in [5.41, 5.74) is 1.27. The third-order valence-electron chi connectivity index (χ3n) is 6.15. The molecular weight excluding hydrogens is 503 g/mol. The number of hydrogen-bond acceptors (Lipinski definition) is 6. The molecule has 194 valence electrons. The summed E-state index contributed by atoms with van der Waals surface area (Å²) in [6.07, 6.45) is -7.45. The maximum atomic E-state index is 14.9. The van der Waals surface area contributed by atoms with Crippen molar-refractivity contribution in [2.45, 2.75) is 31.0 Å². The van der Waals surface area contributed by atoms with Crippen molar-refractivity contribution < 1.29 is 45.8 Å². The summed E-state index contributed by atoms with van der Waals surface area (Å²) in [5, 5.41) is 0.296. The van der Waals surface area contributed by atoms with Crippen molar-refractivity contribution in [1.82, 2.24) is 9.88 Å². The average Bonchev–Trinajstić information content (AvgIpc) is 3.33. The van der Waals surface area contributed by atoms with Crippen LogP contribution in [0, 0.1) is 0 Å². The van der Waals surface area contributed by atoms with E-state index >= 15 is 0 Å². The SMILES string of the molecule is O=C(c1cccc2c1OCC2)N1CCC(F)(F)C(Oc2nc3ccccc3cc2OC(=O)C(F)(F)F)C1. The molecule has 2 aromatic carbocycles. The molecule has 0 N–H and O–H groups in total. The second-order valence-electron chi connectivity index (χ2n) is 8.63.